The number of carbonyl (C=O) groups is 2. The van der Waals surface area contributed by atoms with E-state index in [2.05, 4.69) is 21.2 Å². The van der Waals surface area contributed by atoms with Gasteiger partial charge in [-0.3, -0.25) is 9.69 Å². The van der Waals surface area contributed by atoms with Gasteiger partial charge in [-0.05, 0) is 52.5 Å². The van der Waals surface area contributed by atoms with Crippen molar-refractivity contribution >= 4 is 33.9 Å². The number of halogens is 1. The molecule has 1 aromatic carbocycles. The number of rotatable bonds is 3. The first kappa shape index (κ1) is 16.1. The number of methoxy groups -OCH3 is 1. The van der Waals surface area contributed by atoms with Gasteiger partial charge in [0, 0.05) is 6.04 Å². The highest BCUT2D eigenvalue weighted by molar-refractivity contribution is 9.10. The number of urea groups is 1. The van der Waals surface area contributed by atoms with E-state index < -0.39 is 0 Å². The van der Waals surface area contributed by atoms with Gasteiger partial charge in [-0.15, -0.1) is 0 Å². The number of ether oxygens (including phenoxy) is 1. The van der Waals surface area contributed by atoms with Gasteiger partial charge in [0.1, 0.15) is 11.4 Å². The molecule has 0 atom stereocenters. The Morgan fingerprint density at radius 2 is 2.00 bits per heavy atom. The fraction of sp³-hybridized carbons (Fsp3) is 0.412. The van der Waals surface area contributed by atoms with Crippen molar-refractivity contribution in [1.29, 1.82) is 0 Å². The zero-order valence-electron chi connectivity index (χ0n) is 13.0. The van der Waals surface area contributed by atoms with Gasteiger partial charge in [-0.1, -0.05) is 25.3 Å². The van der Waals surface area contributed by atoms with Crippen molar-refractivity contribution in [2.75, 3.05) is 7.11 Å². The summed E-state index contributed by atoms with van der Waals surface area (Å²) in [5, 5.41) is 2.70. The number of benzene rings is 1. The Labute approximate surface area is 143 Å². The van der Waals surface area contributed by atoms with Crippen LogP contribution < -0.4 is 10.1 Å². The second-order valence-electron chi connectivity index (χ2n) is 5.85. The van der Waals surface area contributed by atoms with Crippen LogP contribution >= 0.6 is 15.9 Å². The van der Waals surface area contributed by atoms with Crippen molar-refractivity contribution in [1.82, 2.24) is 10.2 Å². The zero-order valence-corrected chi connectivity index (χ0v) is 14.6. The summed E-state index contributed by atoms with van der Waals surface area (Å²) in [6.07, 6.45) is 6.84. The van der Waals surface area contributed by atoms with E-state index in [1.807, 2.05) is 18.2 Å². The fourth-order valence-corrected chi connectivity index (χ4v) is 3.72. The van der Waals surface area contributed by atoms with Crippen LogP contribution in [0.5, 0.6) is 5.75 Å². The summed E-state index contributed by atoms with van der Waals surface area (Å²) >= 11 is 3.42. The molecule has 5 nitrogen and oxygen atoms in total. The molecule has 1 heterocycles. The van der Waals surface area contributed by atoms with Crippen LogP contribution in [-0.4, -0.2) is 30.0 Å². The topological polar surface area (TPSA) is 58.6 Å². The summed E-state index contributed by atoms with van der Waals surface area (Å²) in [6, 6.07) is 5.25. The monoisotopic (exact) mass is 378 g/mol. The summed E-state index contributed by atoms with van der Waals surface area (Å²) < 4.78 is 5.99. The van der Waals surface area contributed by atoms with Crippen LogP contribution in [0, 0.1) is 0 Å². The van der Waals surface area contributed by atoms with Gasteiger partial charge in [0.25, 0.3) is 5.91 Å². The fourth-order valence-electron chi connectivity index (χ4n) is 3.16. The average molecular weight is 379 g/mol. The van der Waals surface area contributed by atoms with Crippen molar-refractivity contribution in [2.24, 2.45) is 0 Å². The van der Waals surface area contributed by atoms with Gasteiger partial charge in [0.2, 0.25) is 0 Å². The summed E-state index contributed by atoms with van der Waals surface area (Å²) in [5.74, 6) is 0.492. The summed E-state index contributed by atoms with van der Waals surface area (Å²) in [5.41, 5.74) is 1.16. The molecule has 1 N–H and O–H groups in total. The number of hydrogen-bond acceptors (Lipinski definition) is 3. The lowest BCUT2D eigenvalue weighted by Gasteiger charge is -2.28. The molecule has 1 aliphatic heterocycles. The number of nitrogens with zero attached hydrogens (tertiary/aromatic N) is 1. The summed E-state index contributed by atoms with van der Waals surface area (Å²) in [4.78, 5) is 26.1. The van der Waals surface area contributed by atoms with Gasteiger partial charge in [-0.25, -0.2) is 4.79 Å². The Hall–Kier alpha value is -1.82. The van der Waals surface area contributed by atoms with E-state index in [-0.39, 0.29) is 18.0 Å². The molecule has 1 saturated heterocycles. The van der Waals surface area contributed by atoms with Crippen molar-refractivity contribution < 1.29 is 14.3 Å². The van der Waals surface area contributed by atoms with E-state index in [4.69, 9.17) is 4.74 Å². The van der Waals surface area contributed by atoms with Crippen LogP contribution in [0.3, 0.4) is 0 Å². The van der Waals surface area contributed by atoms with Gasteiger partial charge >= 0.3 is 6.03 Å². The third-order valence-electron chi connectivity index (χ3n) is 4.34. The van der Waals surface area contributed by atoms with Crippen LogP contribution in [0.25, 0.3) is 6.08 Å². The summed E-state index contributed by atoms with van der Waals surface area (Å²) in [7, 11) is 1.60. The molecule has 1 aromatic rings. The number of imide groups is 1. The van der Waals surface area contributed by atoms with Crippen molar-refractivity contribution in [2.45, 2.75) is 38.1 Å². The minimum atomic E-state index is -0.305. The highest BCUT2D eigenvalue weighted by Gasteiger charge is 2.38. The van der Waals surface area contributed by atoms with Crippen LogP contribution in [0.15, 0.2) is 28.4 Å². The first-order valence-electron chi connectivity index (χ1n) is 7.80. The quantitative estimate of drug-likeness (QED) is 0.644. The Morgan fingerprint density at radius 3 is 2.65 bits per heavy atom. The Morgan fingerprint density at radius 1 is 1.26 bits per heavy atom. The molecule has 1 saturated carbocycles. The predicted octanol–water partition coefficient (Wildman–Crippen LogP) is 3.68. The maximum Gasteiger partial charge on any atom is 0.329 e. The maximum absolute atomic E-state index is 12.6. The number of amides is 3. The molecular formula is C17H19BrN2O3. The van der Waals surface area contributed by atoms with E-state index in [0.717, 1.165) is 41.5 Å². The molecule has 1 aliphatic carbocycles. The minimum absolute atomic E-state index is 0.0322. The molecule has 2 aliphatic rings. The zero-order chi connectivity index (χ0) is 16.4. The molecule has 0 radical (unpaired) electrons. The first-order valence-corrected chi connectivity index (χ1v) is 8.59. The highest BCUT2D eigenvalue weighted by Crippen LogP contribution is 2.29. The highest BCUT2D eigenvalue weighted by atomic mass is 79.9. The molecule has 0 bridgehead atoms. The molecule has 3 rings (SSSR count). The van der Waals surface area contributed by atoms with Gasteiger partial charge < -0.3 is 10.1 Å². The van der Waals surface area contributed by atoms with Gasteiger partial charge in [-0.2, -0.15) is 0 Å². The van der Waals surface area contributed by atoms with Gasteiger partial charge in [0.15, 0.2) is 0 Å². The Balaban J connectivity index is 1.82. The van der Waals surface area contributed by atoms with E-state index in [0.29, 0.717) is 5.70 Å². The number of nitrogens with one attached hydrogen (secondary N) is 1. The molecule has 23 heavy (non-hydrogen) atoms. The lowest BCUT2D eigenvalue weighted by atomic mass is 9.94. The molecule has 0 aromatic heterocycles. The molecule has 6 heteroatoms. The lowest BCUT2D eigenvalue weighted by Crippen LogP contribution is -2.41. The van der Waals surface area contributed by atoms with E-state index in [1.54, 1.807) is 13.2 Å². The molecule has 122 valence electrons. The van der Waals surface area contributed by atoms with Gasteiger partial charge in [0.05, 0.1) is 11.6 Å². The largest absolute Gasteiger partial charge is 0.496 e. The van der Waals surface area contributed by atoms with Crippen molar-refractivity contribution in [3.8, 4) is 5.75 Å². The van der Waals surface area contributed by atoms with Crippen LogP contribution in [0.4, 0.5) is 4.79 Å². The minimum Gasteiger partial charge on any atom is -0.496 e. The smallest absolute Gasteiger partial charge is 0.329 e. The molecular weight excluding hydrogens is 360 g/mol. The van der Waals surface area contributed by atoms with E-state index >= 15 is 0 Å². The van der Waals surface area contributed by atoms with Crippen LogP contribution in [0.2, 0.25) is 0 Å². The lowest BCUT2D eigenvalue weighted by molar-refractivity contribution is -0.124. The van der Waals surface area contributed by atoms with Crippen molar-refractivity contribution in [3.05, 3.63) is 33.9 Å². The maximum atomic E-state index is 12.6. The van der Waals surface area contributed by atoms with Crippen LogP contribution in [-0.2, 0) is 4.79 Å². The Kier molecular flexibility index (Phi) is 4.71. The second kappa shape index (κ2) is 6.74. The number of carbonyl (C=O) groups excluding carboxylic acids is 2. The third-order valence-corrected chi connectivity index (χ3v) is 4.96. The second-order valence-corrected chi connectivity index (χ2v) is 6.70. The normalized spacial score (nSPS) is 21.0. The molecule has 3 amide bonds. The van der Waals surface area contributed by atoms with Crippen LogP contribution in [0.1, 0.15) is 37.7 Å². The third kappa shape index (κ3) is 3.27. The molecule has 0 spiro atoms. The average Bonchev–Trinajstić information content (AvgIpc) is 2.82. The number of hydrogen-bond donors (Lipinski definition) is 1. The van der Waals surface area contributed by atoms with Crippen molar-refractivity contribution in [3.63, 3.8) is 0 Å². The predicted molar refractivity (Wildman–Crippen MR) is 90.9 cm³/mol. The first-order chi connectivity index (χ1) is 11.1. The Bertz CT molecular complexity index is 666. The van der Waals surface area contributed by atoms with E-state index in [9.17, 15) is 9.59 Å². The standard InChI is InChI=1S/C17H19BrN2O3/c1-23-15-8-7-11(9-13(15)18)10-14-16(21)20(17(22)19-14)12-5-3-2-4-6-12/h7-10,12H,2-6H2,1H3,(H,19,22)/b14-10-. The molecule has 0 unspecified atom stereocenters. The SMILES string of the molecule is COc1ccc(/C=C2\NC(=O)N(C3CCCCC3)C2=O)cc1Br. The summed E-state index contributed by atoms with van der Waals surface area (Å²) in [6.45, 7) is 0. The van der Waals surface area contributed by atoms with E-state index in [1.165, 1.54) is 11.3 Å². The molecule has 2 fully saturated rings.